The van der Waals surface area contributed by atoms with E-state index >= 15 is 0 Å². The van der Waals surface area contributed by atoms with E-state index in [1.54, 1.807) is 52.4 Å². The van der Waals surface area contributed by atoms with Crippen LogP contribution in [0.1, 0.15) is 92.3 Å². The Bertz CT molecular complexity index is 2360. The third-order valence-corrected chi connectivity index (χ3v) is 11.9. The van der Waals surface area contributed by atoms with Crippen LogP contribution in [0.15, 0.2) is 43.0 Å². The van der Waals surface area contributed by atoms with Crippen LogP contribution in [0.25, 0.3) is 10.9 Å². The topological polar surface area (TPSA) is 361 Å². The number of imidazole rings is 1. The zero-order valence-electron chi connectivity index (χ0n) is 42.5. The molecule has 2 heterocycles. The molecule has 0 aliphatic carbocycles. The molecule has 0 spiro atoms. The molecule has 0 bridgehead atoms. The Labute approximate surface area is 414 Å². The number of aromatic nitrogens is 3. The Morgan fingerprint density at radius 3 is 2.03 bits per heavy atom. The summed E-state index contributed by atoms with van der Waals surface area (Å²) >= 11 is 0. The SMILES string of the molecule is CC(C)C[C@@H](NC(=O)[C@H](Cc1cncn1C)NC(=O)CN(C)C(=O)[C@@H](NC(=O)[C@H](C)NC(=O)[C@H](Cc1c[nH]c2ccccc12)NC(=O)[C@@H](N)CCC(N)=O)C(C)C)[C@H](O)CC(=O)NC(C(N)=O)C(C)(C)C. The highest BCUT2D eigenvalue weighted by atomic mass is 16.3. The zero-order chi connectivity index (χ0) is 53.5. The van der Waals surface area contributed by atoms with Crippen LogP contribution in [0.3, 0.4) is 0 Å². The fraction of sp³-hybridized carbons (Fsp3) is 0.583. The molecule has 3 aromatic rings. The minimum Gasteiger partial charge on any atom is -0.390 e. The number of nitrogens with zero attached hydrogens (tertiary/aromatic N) is 3. The normalized spacial score (nSPS) is 15.0. The maximum atomic E-state index is 14.1. The number of carbonyl (C=O) groups excluding carboxylic acids is 9. The molecule has 23 heteroatoms. The molecule has 71 heavy (non-hydrogen) atoms. The molecular formula is C48H75N13O10. The third-order valence-electron chi connectivity index (χ3n) is 11.9. The second kappa shape index (κ2) is 26.4. The number of primary amides is 2. The fourth-order valence-corrected chi connectivity index (χ4v) is 7.75. The molecule has 0 saturated heterocycles. The molecule has 14 N–H and O–H groups in total. The van der Waals surface area contributed by atoms with Gasteiger partial charge < -0.3 is 68.7 Å². The molecule has 8 atom stereocenters. The van der Waals surface area contributed by atoms with E-state index in [1.165, 1.54) is 26.5 Å². The number of hydrogen-bond acceptors (Lipinski definition) is 12. The Hall–Kier alpha value is -6.88. The van der Waals surface area contributed by atoms with Gasteiger partial charge in [0.15, 0.2) is 0 Å². The van der Waals surface area contributed by atoms with Gasteiger partial charge >= 0.3 is 0 Å². The number of likely N-dealkylation sites (N-methyl/N-ethyl adjacent to an activating group) is 1. The van der Waals surface area contributed by atoms with Crippen molar-refractivity contribution in [1.82, 2.24) is 51.3 Å². The Morgan fingerprint density at radius 2 is 1.45 bits per heavy atom. The van der Waals surface area contributed by atoms with E-state index in [1.807, 2.05) is 38.1 Å². The molecule has 0 aliphatic heterocycles. The Balaban J connectivity index is 1.74. The first-order valence-electron chi connectivity index (χ1n) is 23.7. The summed E-state index contributed by atoms with van der Waals surface area (Å²) < 4.78 is 1.65. The summed E-state index contributed by atoms with van der Waals surface area (Å²) in [7, 11) is 3.05. The molecule has 0 fully saturated rings. The van der Waals surface area contributed by atoms with E-state index in [-0.39, 0.29) is 38.0 Å². The van der Waals surface area contributed by atoms with Gasteiger partial charge in [0, 0.05) is 62.3 Å². The number of para-hydroxylation sites is 1. The molecule has 2 aromatic heterocycles. The van der Waals surface area contributed by atoms with Gasteiger partial charge in [0.1, 0.15) is 30.2 Å². The molecule has 0 aliphatic rings. The Kier molecular flexibility index (Phi) is 21.7. The maximum absolute atomic E-state index is 14.1. The number of nitrogens with one attached hydrogen (secondary N) is 7. The average molecular weight is 994 g/mol. The Morgan fingerprint density at radius 1 is 0.817 bits per heavy atom. The summed E-state index contributed by atoms with van der Waals surface area (Å²) in [4.78, 5) is 127. The number of carbonyl (C=O) groups is 9. The van der Waals surface area contributed by atoms with Gasteiger partial charge in [-0.2, -0.15) is 0 Å². The van der Waals surface area contributed by atoms with E-state index in [0.29, 0.717) is 11.3 Å². The number of rotatable bonds is 27. The zero-order valence-corrected chi connectivity index (χ0v) is 42.5. The van der Waals surface area contributed by atoms with Gasteiger partial charge in [0.05, 0.1) is 37.5 Å². The van der Waals surface area contributed by atoms with Crippen molar-refractivity contribution in [2.24, 2.45) is 41.5 Å². The van der Waals surface area contributed by atoms with E-state index < -0.39 is 126 Å². The van der Waals surface area contributed by atoms with Crippen LogP contribution < -0.4 is 49.1 Å². The van der Waals surface area contributed by atoms with Crippen molar-refractivity contribution < 1.29 is 48.3 Å². The number of H-pyrrole nitrogens is 1. The standard InChI is InChI=1S/C48H75N13O10/c1-25(2)17-33(36(62)20-38(64)58-41(42(51)66)48(6,7)8)56-46(70)35(19-29-22-52-24-61(29)10)55-39(65)23-60(9)47(71)40(26(3)4)59-43(67)27(5)54-45(69)34(57-44(68)31(49)15-16-37(50)63)18-28-21-53-32-14-12-11-13-30(28)32/h11-14,21-22,24-27,31,33-36,40-41,53,62H,15-20,23,49H2,1-10H3,(H2,50,63)(H2,51,66)(H,54,69)(H,55,65)(H,56,70)(H,57,68)(H,58,64)(H,59,67)/t27-,31-,33+,34-,35-,36+,40-,41?/m0/s1. The summed E-state index contributed by atoms with van der Waals surface area (Å²) in [5, 5.41) is 28.0. The predicted molar refractivity (Wildman–Crippen MR) is 264 cm³/mol. The number of benzene rings is 1. The number of hydrogen-bond donors (Lipinski definition) is 11. The number of fused-ring (bicyclic) bond motifs is 1. The van der Waals surface area contributed by atoms with Gasteiger partial charge in [-0.05, 0) is 48.6 Å². The van der Waals surface area contributed by atoms with Gasteiger partial charge in [-0.1, -0.05) is 66.7 Å². The number of aromatic amines is 1. The van der Waals surface area contributed by atoms with Crippen LogP contribution >= 0.6 is 0 Å². The van der Waals surface area contributed by atoms with Crippen molar-refractivity contribution in [3.63, 3.8) is 0 Å². The van der Waals surface area contributed by atoms with Crippen LogP contribution in [-0.4, -0.2) is 140 Å². The highest BCUT2D eigenvalue weighted by Gasteiger charge is 2.36. The van der Waals surface area contributed by atoms with Gasteiger partial charge in [-0.15, -0.1) is 0 Å². The van der Waals surface area contributed by atoms with E-state index in [4.69, 9.17) is 17.2 Å². The van der Waals surface area contributed by atoms with Crippen molar-refractivity contribution in [2.75, 3.05) is 13.6 Å². The van der Waals surface area contributed by atoms with Crippen LogP contribution in [0, 0.1) is 17.3 Å². The first kappa shape index (κ1) is 58.4. The van der Waals surface area contributed by atoms with Crippen molar-refractivity contribution in [1.29, 1.82) is 0 Å². The van der Waals surface area contributed by atoms with Gasteiger partial charge in [-0.3, -0.25) is 43.2 Å². The molecule has 9 amide bonds. The number of aliphatic hydroxyl groups is 1. The lowest BCUT2D eigenvalue weighted by Crippen LogP contribution is -2.59. The summed E-state index contributed by atoms with van der Waals surface area (Å²) in [6.07, 6.45) is 2.84. The molecule has 23 nitrogen and oxygen atoms in total. The number of nitrogens with two attached hydrogens (primary N) is 3. The minimum absolute atomic E-state index is 0.000107. The third kappa shape index (κ3) is 18.1. The van der Waals surface area contributed by atoms with Crippen molar-refractivity contribution in [3.8, 4) is 0 Å². The minimum atomic E-state index is -1.40. The van der Waals surface area contributed by atoms with E-state index in [2.05, 4.69) is 41.9 Å². The second-order valence-corrected chi connectivity index (χ2v) is 20.0. The summed E-state index contributed by atoms with van der Waals surface area (Å²) in [6, 6.07) is -0.693. The molecule has 392 valence electrons. The number of amides is 9. The lowest BCUT2D eigenvalue weighted by molar-refractivity contribution is -0.140. The highest BCUT2D eigenvalue weighted by Crippen LogP contribution is 2.21. The predicted octanol–water partition coefficient (Wildman–Crippen LogP) is -1.35. The first-order chi connectivity index (χ1) is 33.1. The van der Waals surface area contributed by atoms with Gasteiger partial charge in [0.2, 0.25) is 53.2 Å². The summed E-state index contributed by atoms with van der Waals surface area (Å²) in [6.45, 7) is 13.1. The average Bonchev–Trinajstić information content (AvgIpc) is 3.88. The fourth-order valence-electron chi connectivity index (χ4n) is 7.75. The number of aryl methyl sites for hydroxylation is 1. The van der Waals surface area contributed by atoms with Gasteiger partial charge in [0.25, 0.3) is 0 Å². The van der Waals surface area contributed by atoms with Crippen molar-refractivity contribution in [2.45, 2.75) is 142 Å². The molecule has 3 rings (SSSR count). The molecule has 1 aromatic carbocycles. The lowest BCUT2D eigenvalue weighted by atomic mass is 9.86. The van der Waals surface area contributed by atoms with Crippen LogP contribution in [0.2, 0.25) is 0 Å². The monoisotopic (exact) mass is 994 g/mol. The smallest absolute Gasteiger partial charge is 0.245 e. The van der Waals surface area contributed by atoms with Crippen LogP contribution in [0.5, 0.6) is 0 Å². The quantitative estimate of drug-likeness (QED) is 0.0423. The van der Waals surface area contributed by atoms with E-state index in [0.717, 1.165) is 15.8 Å². The summed E-state index contributed by atoms with van der Waals surface area (Å²) in [5.41, 5.74) is 18.1. The van der Waals surface area contributed by atoms with Crippen molar-refractivity contribution >= 4 is 64.1 Å². The van der Waals surface area contributed by atoms with Crippen molar-refractivity contribution in [3.05, 3.63) is 54.2 Å². The van der Waals surface area contributed by atoms with Gasteiger partial charge in [-0.25, -0.2) is 4.98 Å². The summed E-state index contributed by atoms with van der Waals surface area (Å²) in [5.74, 6) is -6.91. The molecular weight excluding hydrogens is 919 g/mol. The van der Waals surface area contributed by atoms with E-state index in [9.17, 15) is 48.3 Å². The lowest BCUT2D eigenvalue weighted by Gasteiger charge is -2.31. The maximum Gasteiger partial charge on any atom is 0.245 e. The molecule has 0 radical (unpaired) electrons. The number of aliphatic hydroxyl groups excluding tert-OH is 1. The highest BCUT2D eigenvalue weighted by molar-refractivity contribution is 5.96. The second-order valence-electron chi connectivity index (χ2n) is 20.0. The largest absolute Gasteiger partial charge is 0.390 e. The first-order valence-corrected chi connectivity index (χ1v) is 23.7. The van der Waals surface area contributed by atoms with Crippen LogP contribution in [0.4, 0.5) is 0 Å². The molecule has 0 saturated carbocycles. The van der Waals surface area contributed by atoms with Crippen LogP contribution in [-0.2, 0) is 63.0 Å². The molecule has 1 unspecified atom stereocenters.